The Labute approximate surface area is 178 Å². The van der Waals surface area contributed by atoms with Crippen LogP contribution in [0.4, 0.5) is 5.69 Å². The molecular weight excluding hydrogens is 378 g/mol. The summed E-state index contributed by atoms with van der Waals surface area (Å²) in [5.41, 5.74) is 2.68. The molecule has 1 unspecified atom stereocenters. The summed E-state index contributed by atoms with van der Waals surface area (Å²) in [7, 11) is 0. The van der Waals surface area contributed by atoms with Gasteiger partial charge in [-0.1, -0.05) is 38.1 Å². The smallest absolute Gasteiger partial charge is 0.255 e. The van der Waals surface area contributed by atoms with E-state index in [-0.39, 0.29) is 17.9 Å². The van der Waals surface area contributed by atoms with E-state index in [0.29, 0.717) is 23.4 Å². The summed E-state index contributed by atoms with van der Waals surface area (Å²) in [6, 6.07) is 14.7. The second-order valence-electron chi connectivity index (χ2n) is 7.50. The van der Waals surface area contributed by atoms with Crippen molar-refractivity contribution >= 4 is 17.5 Å². The summed E-state index contributed by atoms with van der Waals surface area (Å²) in [6.07, 6.45) is 2.06. The summed E-state index contributed by atoms with van der Waals surface area (Å²) in [5.74, 6) is -0.445. The molecule has 2 aromatic rings. The molecule has 1 aliphatic heterocycles. The minimum atomic E-state index is -0.233. The van der Waals surface area contributed by atoms with E-state index in [1.54, 1.807) is 24.3 Å². The Bertz CT molecular complexity index is 841. The predicted octanol–water partition coefficient (Wildman–Crippen LogP) is 3.69. The van der Waals surface area contributed by atoms with Crippen molar-refractivity contribution in [2.24, 2.45) is 0 Å². The normalized spacial score (nSPS) is 15.9. The van der Waals surface area contributed by atoms with E-state index >= 15 is 0 Å². The molecule has 3 rings (SSSR count). The highest BCUT2D eigenvalue weighted by molar-refractivity contribution is 6.09. The maximum atomic E-state index is 12.7. The van der Waals surface area contributed by atoms with E-state index in [0.717, 1.165) is 39.1 Å². The Morgan fingerprint density at radius 1 is 1.03 bits per heavy atom. The van der Waals surface area contributed by atoms with Gasteiger partial charge in [0.05, 0.1) is 17.4 Å². The van der Waals surface area contributed by atoms with Gasteiger partial charge in [0, 0.05) is 25.3 Å². The van der Waals surface area contributed by atoms with Gasteiger partial charge < -0.3 is 15.4 Å². The van der Waals surface area contributed by atoms with Gasteiger partial charge in [0.25, 0.3) is 11.8 Å². The van der Waals surface area contributed by atoms with Gasteiger partial charge in [-0.15, -0.1) is 0 Å². The summed E-state index contributed by atoms with van der Waals surface area (Å²) in [4.78, 5) is 27.7. The molecule has 1 atom stereocenters. The van der Waals surface area contributed by atoms with E-state index in [1.165, 1.54) is 5.56 Å². The van der Waals surface area contributed by atoms with Crippen molar-refractivity contribution in [3.63, 3.8) is 0 Å². The molecule has 160 valence electrons. The van der Waals surface area contributed by atoms with Crippen LogP contribution in [-0.4, -0.2) is 49.1 Å². The summed E-state index contributed by atoms with van der Waals surface area (Å²) < 4.78 is 5.55. The number of carbonyl (C=O) groups is 2. The van der Waals surface area contributed by atoms with Crippen molar-refractivity contribution in [2.45, 2.75) is 39.3 Å². The fourth-order valence-corrected chi connectivity index (χ4v) is 3.56. The Morgan fingerprint density at radius 2 is 1.77 bits per heavy atom. The van der Waals surface area contributed by atoms with Crippen molar-refractivity contribution in [1.29, 1.82) is 0 Å². The first-order chi connectivity index (χ1) is 14.6. The molecule has 2 aromatic carbocycles. The molecule has 1 heterocycles. The molecule has 2 amide bonds. The van der Waals surface area contributed by atoms with Crippen LogP contribution in [-0.2, 0) is 11.3 Å². The molecule has 0 bridgehead atoms. The van der Waals surface area contributed by atoms with Crippen LogP contribution in [0.3, 0.4) is 0 Å². The zero-order valence-corrected chi connectivity index (χ0v) is 17.8. The number of ether oxygens (including phenoxy) is 1. The molecule has 1 aliphatic rings. The lowest BCUT2D eigenvalue weighted by Gasteiger charge is -2.18. The van der Waals surface area contributed by atoms with E-state index < -0.39 is 0 Å². The molecule has 1 fully saturated rings. The molecule has 0 radical (unpaired) electrons. The lowest BCUT2D eigenvalue weighted by molar-refractivity contribution is 0.0858. The first-order valence-electron chi connectivity index (χ1n) is 10.7. The third-order valence-electron chi connectivity index (χ3n) is 5.45. The van der Waals surface area contributed by atoms with Crippen molar-refractivity contribution in [1.82, 2.24) is 10.2 Å². The molecule has 30 heavy (non-hydrogen) atoms. The van der Waals surface area contributed by atoms with Crippen LogP contribution in [0.5, 0.6) is 0 Å². The van der Waals surface area contributed by atoms with Crippen LogP contribution in [0.15, 0.2) is 48.5 Å². The maximum Gasteiger partial charge on any atom is 0.255 e. The number of amides is 2. The van der Waals surface area contributed by atoms with Crippen LogP contribution >= 0.6 is 0 Å². The van der Waals surface area contributed by atoms with Gasteiger partial charge in [-0.3, -0.25) is 14.5 Å². The Kier molecular flexibility index (Phi) is 7.99. The third-order valence-corrected chi connectivity index (χ3v) is 5.45. The third kappa shape index (κ3) is 5.90. The van der Waals surface area contributed by atoms with Crippen LogP contribution in [0.25, 0.3) is 0 Å². The lowest BCUT2D eigenvalue weighted by atomic mass is 10.1. The van der Waals surface area contributed by atoms with Gasteiger partial charge in [-0.2, -0.15) is 0 Å². The number of carbonyl (C=O) groups excluding carboxylic acids is 2. The number of benzene rings is 2. The number of nitrogens with zero attached hydrogens (tertiary/aromatic N) is 1. The highest BCUT2D eigenvalue weighted by Gasteiger charge is 2.18. The molecule has 6 nitrogen and oxygen atoms in total. The molecule has 0 aliphatic carbocycles. The molecule has 1 saturated heterocycles. The topological polar surface area (TPSA) is 70.7 Å². The number of para-hydroxylation sites is 1. The van der Waals surface area contributed by atoms with Crippen LogP contribution in [0.1, 0.15) is 53.0 Å². The number of rotatable bonds is 9. The minimum Gasteiger partial charge on any atom is -0.376 e. The van der Waals surface area contributed by atoms with E-state index in [9.17, 15) is 9.59 Å². The quantitative estimate of drug-likeness (QED) is 0.663. The van der Waals surface area contributed by atoms with E-state index in [2.05, 4.69) is 29.4 Å². The zero-order chi connectivity index (χ0) is 21.3. The van der Waals surface area contributed by atoms with E-state index in [1.807, 2.05) is 24.3 Å². The SMILES string of the molecule is CCN(CC)Cc1ccc(C(=O)Nc2ccccc2C(=O)NCC2CCCO2)cc1. The maximum absolute atomic E-state index is 12.7. The second kappa shape index (κ2) is 10.9. The molecule has 0 spiro atoms. The highest BCUT2D eigenvalue weighted by atomic mass is 16.5. The molecule has 0 aromatic heterocycles. The number of anilines is 1. The first-order valence-corrected chi connectivity index (χ1v) is 10.7. The summed E-state index contributed by atoms with van der Waals surface area (Å²) in [6.45, 7) is 8.35. The van der Waals surface area contributed by atoms with Crippen molar-refractivity contribution in [3.05, 3.63) is 65.2 Å². The van der Waals surface area contributed by atoms with Crippen LogP contribution in [0, 0.1) is 0 Å². The lowest BCUT2D eigenvalue weighted by Crippen LogP contribution is -2.32. The van der Waals surface area contributed by atoms with Crippen molar-refractivity contribution in [3.8, 4) is 0 Å². The molecule has 6 heteroatoms. The number of nitrogens with one attached hydrogen (secondary N) is 2. The minimum absolute atomic E-state index is 0.0746. The second-order valence-corrected chi connectivity index (χ2v) is 7.50. The highest BCUT2D eigenvalue weighted by Crippen LogP contribution is 2.18. The molecular formula is C24H31N3O3. The fourth-order valence-electron chi connectivity index (χ4n) is 3.56. The van der Waals surface area contributed by atoms with Gasteiger partial charge in [0.1, 0.15) is 0 Å². The monoisotopic (exact) mass is 409 g/mol. The number of hydrogen-bond donors (Lipinski definition) is 2. The van der Waals surface area contributed by atoms with Gasteiger partial charge >= 0.3 is 0 Å². The van der Waals surface area contributed by atoms with E-state index in [4.69, 9.17) is 4.74 Å². The van der Waals surface area contributed by atoms with Crippen molar-refractivity contribution < 1.29 is 14.3 Å². The Hall–Kier alpha value is -2.70. The largest absolute Gasteiger partial charge is 0.376 e. The first kappa shape index (κ1) is 22.0. The average molecular weight is 410 g/mol. The fraction of sp³-hybridized carbons (Fsp3) is 0.417. The predicted molar refractivity (Wildman–Crippen MR) is 119 cm³/mol. The van der Waals surface area contributed by atoms with Crippen LogP contribution in [0.2, 0.25) is 0 Å². The van der Waals surface area contributed by atoms with Crippen LogP contribution < -0.4 is 10.6 Å². The van der Waals surface area contributed by atoms with Gasteiger partial charge in [0.2, 0.25) is 0 Å². The van der Waals surface area contributed by atoms with Gasteiger partial charge in [-0.05, 0) is 55.8 Å². The zero-order valence-electron chi connectivity index (χ0n) is 17.8. The van der Waals surface area contributed by atoms with Gasteiger partial charge in [-0.25, -0.2) is 0 Å². The summed E-state index contributed by atoms with van der Waals surface area (Å²) in [5, 5.41) is 5.79. The average Bonchev–Trinajstić information content (AvgIpc) is 3.30. The Balaban J connectivity index is 1.62. The summed E-state index contributed by atoms with van der Waals surface area (Å²) >= 11 is 0. The van der Waals surface area contributed by atoms with Gasteiger partial charge in [0.15, 0.2) is 0 Å². The Morgan fingerprint density at radius 3 is 2.43 bits per heavy atom. The van der Waals surface area contributed by atoms with Crippen molar-refractivity contribution in [2.75, 3.05) is 31.6 Å². The number of hydrogen-bond acceptors (Lipinski definition) is 4. The molecule has 0 saturated carbocycles. The standard InChI is InChI=1S/C24H31N3O3/c1-3-27(4-2)17-18-11-13-19(14-12-18)23(28)26-22-10-6-5-9-21(22)24(29)25-16-20-8-7-15-30-20/h5-6,9-14,20H,3-4,7-8,15-17H2,1-2H3,(H,25,29)(H,26,28). The molecule has 2 N–H and O–H groups in total.